The van der Waals surface area contributed by atoms with Crippen LogP contribution in [0.25, 0.3) is 11.0 Å². The number of anilines is 1. The van der Waals surface area contributed by atoms with Crippen molar-refractivity contribution >= 4 is 22.8 Å². The van der Waals surface area contributed by atoms with Crippen LogP contribution in [0.15, 0.2) is 6.07 Å². The number of aryl methyl sites for hydroxylation is 2. The van der Waals surface area contributed by atoms with E-state index in [-0.39, 0.29) is 11.7 Å². The van der Waals surface area contributed by atoms with Crippen molar-refractivity contribution < 1.29 is 4.79 Å². The lowest BCUT2D eigenvalue weighted by molar-refractivity contribution is 0.0513. The van der Waals surface area contributed by atoms with Gasteiger partial charge in [-0.05, 0) is 52.2 Å². The highest BCUT2D eigenvalue weighted by Crippen LogP contribution is 2.28. The van der Waals surface area contributed by atoms with E-state index in [4.69, 9.17) is 4.98 Å². The summed E-state index contributed by atoms with van der Waals surface area (Å²) in [6.45, 7) is 13.3. The molecular weight excluding hydrogens is 388 g/mol. The Morgan fingerprint density at radius 1 is 1.00 bits per heavy atom. The summed E-state index contributed by atoms with van der Waals surface area (Å²) in [6.07, 6.45) is 6.66. The molecule has 4 rings (SSSR count). The van der Waals surface area contributed by atoms with Gasteiger partial charge in [-0.2, -0.15) is 0 Å². The van der Waals surface area contributed by atoms with Crippen molar-refractivity contribution in [3.63, 3.8) is 0 Å². The van der Waals surface area contributed by atoms with Crippen LogP contribution in [0, 0.1) is 13.8 Å². The molecular formula is C24H36N6O. The Morgan fingerprint density at radius 2 is 1.68 bits per heavy atom. The largest absolute Gasteiger partial charge is 0.356 e. The number of pyridine rings is 1. The minimum absolute atomic E-state index is 0.0699. The first kappa shape index (κ1) is 21.9. The van der Waals surface area contributed by atoms with Gasteiger partial charge < -0.3 is 9.80 Å². The molecule has 1 aliphatic carbocycles. The molecule has 1 saturated carbocycles. The zero-order valence-corrected chi connectivity index (χ0v) is 19.5. The van der Waals surface area contributed by atoms with E-state index in [9.17, 15) is 4.79 Å². The van der Waals surface area contributed by atoms with Gasteiger partial charge in [0.15, 0.2) is 5.65 Å². The number of carbonyl (C=O) groups excluding carboxylic acids is 1. The average Bonchev–Trinajstić information content (AvgIpc) is 2.79. The molecule has 168 valence electrons. The Bertz CT molecular complexity index is 927. The molecule has 7 nitrogen and oxygen atoms in total. The lowest BCUT2D eigenvalue weighted by Gasteiger charge is -2.40. The third kappa shape index (κ3) is 4.52. The van der Waals surface area contributed by atoms with E-state index in [2.05, 4.69) is 46.6 Å². The zero-order valence-electron chi connectivity index (χ0n) is 19.5. The first-order valence-corrected chi connectivity index (χ1v) is 12.0. The third-order valence-corrected chi connectivity index (χ3v) is 6.92. The summed E-state index contributed by atoms with van der Waals surface area (Å²) < 4.78 is 0. The highest BCUT2D eigenvalue weighted by molar-refractivity contribution is 5.96. The number of carbonyl (C=O) groups is 1. The summed E-state index contributed by atoms with van der Waals surface area (Å²) >= 11 is 0. The average molecular weight is 425 g/mol. The Balaban J connectivity index is 1.59. The van der Waals surface area contributed by atoms with E-state index >= 15 is 0 Å². The van der Waals surface area contributed by atoms with Gasteiger partial charge in [0.2, 0.25) is 5.82 Å². The van der Waals surface area contributed by atoms with E-state index in [0.717, 1.165) is 61.7 Å². The Labute approximate surface area is 185 Å². The van der Waals surface area contributed by atoms with E-state index < -0.39 is 0 Å². The monoisotopic (exact) mass is 424 g/mol. The Kier molecular flexibility index (Phi) is 6.70. The molecule has 0 N–H and O–H groups in total. The quantitative estimate of drug-likeness (QED) is 0.731. The number of nitrogens with zero attached hydrogens (tertiary/aromatic N) is 6. The van der Waals surface area contributed by atoms with Crippen molar-refractivity contribution in [2.24, 2.45) is 0 Å². The number of hydrogen-bond acceptors (Lipinski definition) is 6. The van der Waals surface area contributed by atoms with Gasteiger partial charge in [0.25, 0.3) is 5.91 Å². The van der Waals surface area contributed by atoms with Crippen LogP contribution in [-0.2, 0) is 0 Å². The van der Waals surface area contributed by atoms with Gasteiger partial charge in [-0.25, -0.2) is 15.0 Å². The van der Waals surface area contributed by atoms with Crippen LogP contribution < -0.4 is 4.90 Å². The number of fused-ring (bicyclic) bond motifs is 1. The lowest BCUT2D eigenvalue weighted by Crippen LogP contribution is -2.52. The van der Waals surface area contributed by atoms with Crippen LogP contribution in [0.4, 0.5) is 5.82 Å². The molecule has 3 heterocycles. The van der Waals surface area contributed by atoms with Crippen LogP contribution in [0.1, 0.15) is 67.8 Å². The van der Waals surface area contributed by atoms with Crippen molar-refractivity contribution in [1.29, 1.82) is 0 Å². The smallest absolute Gasteiger partial charge is 0.291 e. The van der Waals surface area contributed by atoms with Crippen molar-refractivity contribution in [1.82, 2.24) is 24.8 Å². The topological polar surface area (TPSA) is 65.5 Å². The van der Waals surface area contributed by atoms with Gasteiger partial charge >= 0.3 is 0 Å². The fraction of sp³-hybridized carbons (Fsp3) is 0.667. The first-order chi connectivity index (χ1) is 15.0. The lowest BCUT2D eigenvalue weighted by atomic mass is 9.94. The molecule has 1 aliphatic heterocycles. The Morgan fingerprint density at radius 3 is 2.32 bits per heavy atom. The van der Waals surface area contributed by atoms with Crippen LogP contribution >= 0.6 is 0 Å². The van der Waals surface area contributed by atoms with Gasteiger partial charge in [-0.15, -0.1) is 0 Å². The van der Waals surface area contributed by atoms with Crippen LogP contribution in [0.3, 0.4) is 0 Å². The van der Waals surface area contributed by atoms with E-state index in [1.54, 1.807) is 0 Å². The molecule has 0 spiro atoms. The summed E-state index contributed by atoms with van der Waals surface area (Å²) in [5, 5.41) is 0.952. The minimum atomic E-state index is -0.0699. The van der Waals surface area contributed by atoms with Crippen LogP contribution in [0.5, 0.6) is 0 Å². The van der Waals surface area contributed by atoms with Gasteiger partial charge in [-0.3, -0.25) is 9.69 Å². The fourth-order valence-corrected chi connectivity index (χ4v) is 5.18. The second-order valence-corrected chi connectivity index (χ2v) is 8.94. The molecule has 2 aliphatic rings. The summed E-state index contributed by atoms with van der Waals surface area (Å²) in [4.78, 5) is 34.2. The molecule has 1 amide bonds. The maximum absolute atomic E-state index is 13.4. The molecule has 31 heavy (non-hydrogen) atoms. The first-order valence-electron chi connectivity index (χ1n) is 12.0. The van der Waals surface area contributed by atoms with E-state index in [1.165, 1.54) is 32.1 Å². The maximum atomic E-state index is 13.4. The van der Waals surface area contributed by atoms with Gasteiger partial charge in [0.05, 0.1) is 5.39 Å². The number of rotatable bonds is 5. The van der Waals surface area contributed by atoms with E-state index in [0.29, 0.717) is 11.7 Å². The van der Waals surface area contributed by atoms with Crippen molar-refractivity contribution in [2.75, 3.05) is 44.2 Å². The molecule has 2 aromatic heterocycles. The Hall–Kier alpha value is -2.28. The van der Waals surface area contributed by atoms with Crippen molar-refractivity contribution in [2.45, 2.75) is 65.8 Å². The molecule has 0 atom stereocenters. The normalized spacial score (nSPS) is 18.5. The van der Waals surface area contributed by atoms with Gasteiger partial charge in [-0.1, -0.05) is 19.3 Å². The second-order valence-electron chi connectivity index (χ2n) is 8.94. The predicted molar refractivity (Wildman–Crippen MR) is 125 cm³/mol. The molecule has 1 saturated heterocycles. The summed E-state index contributed by atoms with van der Waals surface area (Å²) in [6, 6.07) is 2.76. The standard InChI is InChI=1S/C24H36N6O/c1-5-28(6-2)23-20-17(3)16-18(4)25-21(20)26-22(27-23)24(31)30-14-12-29(13-15-30)19-10-8-7-9-11-19/h16,19H,5-15H2,1-4H3. The molecule has 2 fully saturated rings. The fourth-order valence-electron chi connectivity index (χ4n) is 5.18. The van der Waals surface area contributed by atoms with Gasteiger partial charge in [0, 0.05) is 51.0 Å². The molecule has 0 aromatic carbocycles. The zero-order chi connectivity index (χ0) is 22.0. The maximum Gasteiger partial charge on any atom is 0.291 e. The minimum Gasteiger partial charge on any atom is -0.356 e. The van der Waals surface area contributed by atoms with Crippen LogP contribution in [0.2, 0.25) is 0 Å². The summed E-state index contributed by atoms with van der Waals surface area (Å²) in [7, 11) is 0. The third-order valence-electron chi connectivity index (χ3n) is 6.92. The molecule has 0 unspecified atom stereocenters. The van der Waals surface area contributed by atoms with Crippen molar-refractivity contribution in [3.05, 3.63) is 23.1 Å². The SMILES string of the molecule is CCN(CC)c1nc(C(=O)N2CCN(C3CCCCC3)CC2)nc2nc(C)cc(C)c12. The number of hydrogen-bond donors (Lipinski definition) is 0. The highest BCUT2D eigenvalue weighted by atomic mass is 16.2. The number of aromatic nitrogens is 3. The molecule has 7 heteroatoms. The highest BCUT2D eigenvalue weighted by Gasteiger charge is 2.29. The summed E-state index contributed by atoms with van der Waals surface area (Å²) in [5.74, 6) is 1.03. The molecule has 0 radical (unpaired) electrons. The predicted octanol–water partition coefficient (Wildman–Crippen LogP) is 3.58. The number of piperazine rings is 1. The number of amides is 1. The van der Waals surface area contributed by atoms with E-state index in [1.807, 2.05) is 11.8 Å². The second kappa shape index (κ2) is 9.47. The molecule has 2 aromatic rings. The van der Waals surface area contributed by atoms with Crippen LogP contribution in [-0.4, -0.2) is 76.0 Å². The van der Waals surface area contributed by atoms with Gasteiger partial charge in [0.1, 0.15) is 5.82 Å². The molecule has 0 bridgehead atoms. The summed E-state index contributed by atoms with van der Waals surface area (Å²) in [5.41, 5.74) is 2.64. The van der Waals surface area contributed by atoms with Crippen molar-refractivity contribution in [3.8, 4) is 0 Å².